The van der Waals surface area contributed by atoms with Gasteiger partial charge in [-0.25, -0.2) is 9.59 Å². The summed E-state index contributed by atoms with van der Waals surface area (Å²) in [5.41, 5.74) is 1.66. The Balaban J connectivity index is 1.74. The van der Waals surface area contributed by atoms with Gasteiger partial charge in [0.2, 0.25) is 0 Å². The zero-order valence-corrected chi connectivity index (χ0v) is 16.5. The second-order valence-corrected chi connectivity index (χ2v) is 7.93. The van der Waals surface area contributed by atoms with Gasteiger partial charge in [0.25, 0.3) is 0 Å². The van der Waals surface area contributed by atoms with Crippen molar-refractivity contribution in [1.82, 2.24) is 14.0 Å². The van der Waals surface area contributed by atoms with Crippen molar-refractivity contribution >= 4 is 17.0 Å². The normalized spacial score (nSPS) is 23.5. The van der Waals surface area contributed by atoms with Crippen molar-refractivity contribution in [2.24, 2.45) is 0 Å². The number of likely N-dealkylation sites (N-methyl/N-ethyl adjacent to an activating group) is 1. The summed E-state index contributed by atoms with van der Waals surface area (Å²) in [4.78, 5) is 27.2. The van der Waals surface area contributed by atoms with Gasteiger partial charge in [-0.2, -0.15) is 0 Å². The lowest BCUT2D eigenvalue weighted by atomic mass is 10.1. The molecule has 4 rings (SSSR count). The van der Waals surface area contributed by atoms with Gasteiger partial charge in [-0.05, 0) is 63.4 Å². The molecule has 0 saturated carbocycles. The van der Waals surface area contributed by atoms with Gasteiger partial charge in [0.15, 0.2) is 0 Å². The highest BCUT2D eigenvalue weighted by Gasteiger charge is 2.26. The smallest absolute Gasteiger partial charge is 0.335 e. The van der Waals surface area contributed by atoms with Crippen LogP contribution in [0.5, 0.6) is 0 Å². The Morgan fingerprint density at radius 1 is 1.14 bits per heavy atom. The number of carboxylic acids is 1. The average molecular weight is 387 g/mol. The number of imidazole rings is 1. The molecule has 7 nitrogen and oxygen atoms in total. The first kappa shape index (κ1) is 19.2. The van der Waals surface area contributed by atoms with Gasteiger partial charge in [0, 0.05) is 19.2 Å². The molecule has 2 aromatic rings. The molecule has 2 atom stereocenters. The molecule has 28 heavy (non-hydrogen) atoms. The molecule has 7 heteroatoms. The molecule has 152 valence electrons. The van der Waals surface area contributed by atoms with Gasteiger partial charge in [-0.1, -0.05) is 6.92 Å². The number of rotatable bonds is 6. The summed E-state index contributed by atoms with van der Waals surface area (Å²) in [5, 5.41) is 9.40. The van der Waals surface area contributed by atoms with E-state index in [0.717, 1.165) is 57.3 Å². The highest BCUT2D eigenvalue weighted by Crippen LogP contribution is 2.23. The SMILES string of the molecule is CCN1CCC[C@H]1Cn1c(=O)n(C[C@H]2CCCCO2)c2cc(C(=O)O)ccc21. The number of likely N-dealkylation sites (tertiary alicyclic amines) is 1. The molecule has 2 aliphatic rings. The molecule has 0 aliphatic carbocycles. The maximum atomic E-state index is 13.3. The van der Waals surface area contributed by atoms with Crippen molar-refractivity contribution in [3.05, 3.63) is 34.2 Å². The van der Waals surface area contributed by atoms with Gasteiger partial charge in [0.1, 0.15) is 0 Å². The van der Waals surface area contributed by atoms with Crippen LogP contribution in [0.2, 0.25) is 0 Å². The summed E-state index contributed by atoms with van der Waals surface area (Å²) in [6, 6.07) is 5.36. The van der Waals surface area contributed by atoms with E-state index in [2.05, 4.69) is 11.8 Å². The number of carbonyl (C=O) groups is 1. The van der Waals surface area contributed by atoms with Crippen molar-refractivity contribution in [3.8, 4) is 0 Å². The molecule has 0 amide bonds. The number of benzene rings is 1. The lowest BCUT2D eigenvalue weighted by Crippen LogP contribution is -2.37. The van der Waals surface area contributed by atoms with E-state index in [1.54, 1.807) is 22.8 Å². The number of hydrogen-bond acceptors (Lipinski definition) is 4. The molecule has 1 aromatic heterocycles. The van der Waals surface area contributed by atoms with E-state index in [1.165, 1.54) is 0 Å². The van der Waals surface area contributed by atoms with Crippen LogP contribution in [0.3, 0.4) is 0 Å². The Kier molecular flexibility index (Phi) is 5.55. The highest BCUT2D eigenvalue weighted by atomic mass is 16.5. The first-order chi connectivity index (χ1) is 13.6. The van der Waals surface area contributed by atoms with Crippen molar-refractivity contribution < 1.29 is 14.6 Å². The second-order valence-electron chi connectivity index (χ2n) is 7.93. The minimum Gasteiger partial charge on any atom is -0.478 e. The Hall–Kier alpha value is -2.12. The van der Waals surface area contributed by atoms with E-state index in [9.17, 15) is 14.7 Å². The van der Waals surface area contributed by atoms with Crippen molar-refractivity contribution in [2.45, 2.75) is 64.3 Å². The van der Waals surface area contributed by atoms with Gasteiger partial charge >= 0.3 is 11.7 Å². The second kappa shape index (κ2) is 8.09. The van der Waals surface area contributed by atoms with E-state index in [4.69, 9.17) is 4.74 Å². The van der Waals surface area contributed by atoms with Crippen molar-refractivity contribution in [2.75, 3.05) is 19.7 Å². The summed E-state index contributed by atoms with van der Waals surface area (Å²) in [6.07, 6.45) is 5.36. The fourth-order valence-corrected chi connectivity index (χ4v) is 4.69. The predicted octanol–water partition coefficient (Wildman–Crippen LogP) is 2.55. The summed E-state index contributed by atoms with van der Waals surface area (Å²) in [5.74, 6) is -0.976. The number of aromatic carboxylic acids is 1. The average Bonchev–Trinajstić information content (AvgIpc) is 3.26. The summed E-state index contributed by atoms with van der Waals surface area (Å²) in [6.45, 7) is 6.07. The van der Waals surface area contributed by atoms with E-state index >= 15 is 0 Å². The molecule has 2 aliphatic heterocycles. The van der Waals surface area contributed by atoms with Crippen LogP contribution in [-0.4, -0.2) is 57.0 Å². The molecule has 1 N–H and O–H groups in total. The molecule has 0 unspecified atom stereocenters. The van der Waals surface area contributed by atoms with E-state index < -0.39 is 5.97 Å². The first-order valence-electron chi connectivity index (χ1n) is 10.4. The monoisotopic (exact) mass is 387 g/mol. The van der Waals surface area contributed by atoms with Crippen LogP contribution in [0, 0.1) is 0 Å². The Labute approximate surface area is 164 Å². The fraction of sp³-hybridized carbons (Fsp3) is 0.619. The van der Waals surface area contributed by atoms with Crippen LogP contribution in [0.25, 0.3) is 11.0 Å². The van der Waals surface area contributed by atoms with Crippen LogP contribution in [0.15, 0.2) is 23.0 Å². The third-order valence-corrected chi connectivity index (χ3v) is 6.22. The zero-order chi connectivity index (χ0) is 19.7. The molecule has 2 fully saturated rings. The molecular weight excluding hydrogens is 358 g/mol. The van der Waals surface area contributed by atoms with Gasteiger partial charge in [-0.3, -0.25) is 14.0 Å². The van der Waals surface area contributed by atoms with Crippen molar-refractivity contribution in [3.63, 3.8) is 0 Å². The van der Waals surface area contributed by atoms with E-state index in [0.29, 0.717) is 24.6 Å². The summed E-state index contributed by atoms with van der Waals surface area (Å²) >= 11 is 0. The molecule has 2 saturated heterocycles. The van der Waals surface area contributed by atoms with Crippen LogP contribution in [0.4, 0.5) is 0 Å². The molecule has 1 aromatic carbocycles. The van der Waals surface area contributed by atoms with Gasteiger partial charge in [-0.15, -0.1) is 0 Å². The number of ether oxygens (including phenoxy) is 1. The third-order valence-electron chi connectivity index (χ3n) is 6.22. The Morgan fingerprint density at radius 2 is 1.96 bits per heavy atom. The number of hydrogen-bond donors (Lipinski definition) is 1. The molecular formula is C21H29N3O4. The third kappa shape index (κ3) is 3.61. The van der Waals surface area contributed by atoms with E-state index in [-0.39, 0.29) is 17.4 Å². The van der Waals surface area contributed by atoms with Crippen LogP contribution in [0.1, 0.15) is 49.4 Å². The zero-order valence-electron chi connectivity index (χ0n) is 16.5. The molecule has 0 radical (unpaired) electrons. The predicted molar refractivity (Wildman–Crippen MR) is 107 cm³/mol. The summed E-state index contributed by atoms with van der Waals surface area (Å²) in [7, 11) is 0. The number of fused-ring (bicyclic) bond motifs is 1. The topological polar surface area (TPSA) is 76.7 Å². The highest BCUT2D eigenvalue weighted by molar-refractivity contribution is 5.92. The Morgan fingerprint density at radius 3 is 2.68 bits per heavy atom. The maximum Gasteiger partial charge on any atom is 0.335 e. The quantitative estimate of drug-likeness (QED) is 0.824. The molecule has 0 spiro atoms. The van der Waals surface area contributed by atoms with E-state index in [1.807, 2.05) is 4.57 Å². The lowest BCUT2D eigenvalue weighted by Gasteiger charge is -2.23. The minimum absolute atomic E-state index is 0.0117. The lowest BCUT2D eigenvalue weighted by molar-refractivity contribution is 0.00599. The number of nitrogens with zero attached hydrogens (tertiary/aromatic N) is 3. The van der Waals surface area contributed by atoms with Crippen LogP contribution < -0.4 is 5.69 Å². The van der Waals surface area contributed by atoms with Gasteiger partial charge < -0.3 is 9.84 Å². The largest absolute Gasteiger partial charge is 0.478 e. The molecule has 3 heterocycles. The Bertz CT molecular complexity index is 910. The number of aromatic nitrogens is 2. The van der Waals surface area contributed by atoms with Crippen LogP contribution in [-0.2, 0) is 17.8 Å². The number of carboxylic acid groups (broad SMARTS) is 1. The van der Waals surface area contributed by atoms with Gasteiger partial charge in [0.05, 0.1) is 29.2 Å². The fourth-order valence-electron chi connectivity index (χ4n) is 4.69. The summed E-state index contributed by atoms with van der Waals surface area (Å²) < 4.78 is 9.41. The van der Waals surface area contributed by atoms with Crippen molar-refractivity contribution in [1.29, 1.82) is 0 Å². The first-order valence-corrected chi connectivity index (χ1v) is 10.4. The van der Waals surface area contributed by atoms with Crippen LogP contribution >= 0.6 is 0 Å². The maximum absolute atomic E-state index is 13.3. The molecule has 0 bridgehead atoms. The minimum atomic E-state index is -0.976. The standard InChI is InChI=1S/C21H29N3O4/c1-2-22-10-5-6-16(22)13-23-18-9-8-15(20(25)26)12-19(18)24(21(23)27)14-17-7-3-4-11-28-17/h8-9,12,16-17H,2-7,10-11,13-14H2,1H3,(H,25,26)/t16-,17+/m0/s1.